The number of likely N-dealkylation sites (tertiary alicyclic amines) is 1. The molecule has 1 saturated heterocycles. The van der Waals surface area contributed by atoms with Gasteiger partial charge in [-0.3, -0.25) is 0 Å². The molecule has 1 heterocycles. The van der Waals surface area contributed by atoms with Crippen LogP contribution in [-0.4, -0.2) is 42.3 Å². The Hall–Kier alpha value is -1.52. The van der Waals surface area contributed by atoms with E-state index in [1.807, 2.05) is 33.8 Å². The van der Waals surface area contributed by atoms with E-state index in [4.69, 9.17) is 9.47 Å². The number of hydrogen-bond donors (Lipinski definition) is 0. The molecule has 5 heteroatoms. The van der Waals surface area contributed by atoms with Crippen LogP contribution in [0.5, 0.6) is 0 Å². The Balaban J connectivity index is 1.74. The zero-order valence-electron chi connectivity index (χ0n) is 14.8. The highest BCUT2D eigenvalue weighted by atomic mass is 16.6. The van der Waals surface area contributed by atoms with Crippen LogP contribution >= 0.6 is 0 Å². The Morgan fingerprint density at radius 2 is 1.83 bits per heavy atom. The van der Waals surface area contributed by atoms with Gasteiger partial charge in [0.1, 0.15) is 5.60 Å². The van der Waals surface area contributed by atoms with Crippen molar-refractivity contribution in [3.63, 3.8) is 0 Å². The Bertz CT molecular complexity index is 462. The third-order valence-corrected chi connectivity index (χ3v) is 4.59. The van der Waals surface area contributed by atoms with Gasteiger partial charge in [0.05, 0.1) is 6.61 Å². The van der Waals surface area contributed by atoms with E-state index in [2.05, 4.69) is 0 Å². The summed E-state index contributed by atoms with van der Waals surface area (Å²) in [5, 5.41) is 0. The standard InChI is InChI=1S/C18H29NO4/c1-5-22-15(20)7-6-14-8-10-18(11-9-14)12-19(13-18)16(21)23-17(2,3)4/h6-7,14H,5,8-13H2,1-4H3/b7-6+. The lowest BCUT2D eigenvalue weighted by molar-refractivity contribution is -0.137. The molecule has 0 N–H and O–H groups in total. The summed E-state index contributed by atoms with van der Waals surface area (Å²) in [6.45, 7) is 9.50. The second-order valence-electron chi connectivity index (χ2n) is 7.78. The van der Waals surface area contributed by atoms with Crippen molar-refractivity contribution in [2.75, 3.05) is 19.7 Å². The van der Waals surface area contributed by atoms with Gasteiger partial charge in [0.15, 0.2) is 0 Å². The zero-order chi connectivity index (χ0) is 17.1. The molecule has 1 amide bonds. The number of rotatable bonds is 3. The Kier molecular flexibility index (Phi) is 5.37. The lowest BCUT2D eigenvalue weighted by atomic mass is 9.66. The molecule has 2 rings (SSSR count). The summed E-state index contributed by atoms with van der Waals surface area (Å²) in [4.78, 5) is 25.2. The molecule has 0 atom stereocenters. The molecule has 1 spiro atoms. The number of carbonyl (C=O) groups excluding carboxylic acids is 2. The van der Waals surface area contributed by atoms with Crippen molar-refractivity contribution >= 4 is 12.1 Å². The molecule has 0 aromatic rings. The second kappa shape index (κ2) is 6.93. The Morgan fingerprint density at radius 3 is 2.35 bits per heavy atom. The zero-order valence-corrected chi connectivity index (χ0v) is 14.8. The minimum atomic E-state index is -0.435. The van der Waals surface area contributed by atoms with Crippen LogP contribution < -0.4 is 0 Å². The predicted molar refractivity (Wildman–Crippen MR) is 88.0 cm³/mol. The van der Waals surface area contributed by atoms with Crippen LogP contribution in [-0.2, 0) is 14.3 Å². The molecule has 2 fully saturated rings. The SMILES string of the molecule is CCOC(=O)/C=C/C1CCC2(CC1)CN(C(=O)OC(C)(C)C)C2. The molecule has 23 heavy (non-hydrogen) atoms. The summed E-state index contributed by atoms with van der Waals surface area (Å²) in [5.74, 6) is 0.188. The minimum Gasteiger partial charge on any atom is -0.463 e. The van der Waals surface area contributed by atoms with Crippen LogP contribution in [0.4, 0.5) is 4.79 Å². The highest BCUT2D eigenvalue weighted by molar-refractivity contribution is 5.81. The Morgan fingerprint density at radius 1 is 1.22 bits per heavy atom. The molecule has 0 aromatic heterocycles. The van der Waals surface area contributed by atoms with Gasteiger partial charge >= 0.3 is 12.1 Å². The number of hydrogen-bond acceptors (Lipinski definition) is 4. The fourth-order valence-electron chi connectivity index (χ4n) is 3.39. The van der Waals surface area contributed by atoms with Crippen LogP contribution in [0.25, 0.3) is 0 Å². The summed E-state index contributed by atoms with van der Waals surface area (Å²) >= 11 is 0. The maximum Gasteiger partial charge on any atom is 0.410 e. The molecule has 1 aliphatic carbocycles. The normalized spacial score (nSPS) is 21.3. The molecule has 0 aromatic carbocycles. The quantitative estimate of drug-likeness (QED) is 0.589. The van der Waals surface area contributed by atoms with Crippen molar-refractivity contribution in [1.29, 1.82) is 0 Å². The van der Waals surface area contributed by atoms with Crippen LogP contribution in [0, 0.1) is 11.3 Å². The molecule has 130 valence electrons. The van der Waals surface area contributed by atoms with E-state index in [1.165, 1.54) is 0 Å². The molecule has 5 nitrogen and oxygen atoms in total. The number of allylic oxidation sites excluding steroid dienone is 1. The van der Waals surface area contributed by atoms with E-state index in [-0.39, 0.29) is 17.5 Å². The first-order valence-electron chi connectivity index (χ1n) is 8.56. The summed E-state index contributed by atoms with van der Waals surface area (Å²) < 4.78 is 10.3. The third kappa shape index (κ3) is 4.98. The van der Waals surface area contributed by atoms with E-state index >= 15 is 0 Å². The minimum absolute atomic E-state index is 0.201. The first kappa shape index (κ1) is 17.8. The van der Waals surface area contributed by atoms with E-state index in [9.17, 15) is 9.59 Å². The molecule has 0 unspecified atom stereocenters. The third-order valence-electron chi connectivity index (χ3n) is 4.59. The molecule has 2 aliphatic rings. The van der Waals surface area contributed by atoms with E-state index in [1.54, 1.807) is 11.0 Å². The monoisotopic (exact) mass is 323 g/mol. The topological polar surface area (TPSA) is 55.8 Å². The van der Waals surface area contributed by atoms with Gasteiger partial charge < -0.3 is 14.4 Å². The molecule has 1 aliphatic heterocycles. The van der Waals surface area contributed by atoms with Crippen molar-refractivity contribution in [2.24, 2.45) is 11.3 Å². The highest BCUT2D eigenvalue weighted by Crippen LogP contribution is 2.46. The lowest BCUT2D eigenvalue weighted by Gasteiger charge is -2.53. The van der Waals surface area contributed by atoms with Gasteiger partial charge in [0, 0.05) is 24.6 Å². The van der Waals surface area contributed by atoms with Crippen molar-refractivity contribution in [1.82, 2.24) is 4.90 Å². The van der Waals surface area contributed by atoms with Gasteiger partial charge in [-0.05, 0) is 59.3 Å². The number of ether oxygens (including phenoxy) is 2. The molecule has 1 saturated carbocycles. The maximum absolute atomic E-state index is 12.0. The van der Waals surface area contributed by atoms with Gasteiger partial charge in [-0.15, -0.1) is 0 Å². The lowest BCUT2D eigenvalue weighted by Crippen LogP contribution is -2.60. The summed E-state index contributed by atoms with van der Waals surface area (Å²) in [6, 6.07) is 0. The fourth-order valence-corrected chi connectivity index (χ4v) is 3.39. The predicted octanol–water partition coefficient (Wildman–Crippen LogP) is 3.53. The van der Waals surface area contributed by atoms with Gasteiger partial charge in [0.25, 0.3) is 0 Å². The Labute approximate surface area is 139 Å². The van der Waals surface area contributed by atoms with Crippen molar-refractivity contribution < 1.29 is 19.1 Å². The molecule has 0 bridgehead atoms. The summed E-state index contributed by atoms with van der Waals surface area (Å²) in [6.07, 6.45) is 7.67. The van der Waals surface area contributed by atoms with E-state index in [0.717, 1.165) is 38.8 Å². The highest BCUT2D eigenvalue weighted by Gasteiger charge is 2.47. The first-order valence-corrected chi connectivity index (χ1v) is 8.56. The largest absolute Gasteiger partial charge is 0.463 e. The number of carbonyl (C=O) groups is 2. The number of esters is 1. The van der Waals surface area contributed by atoms with Gasteiger partial charge in [-0.2, -0.15) is 0 Å². The molecule has 0 radical (unpaired) electrons. The van der Waals surface area contributed by atoms with Crippen LogP contribution in [0.1, 0.15) is 53.4 Å². The van der Waals surface area contributed by atoms with E-state index < -0.39 is 5.60 Å². The fraction of sp³-hybridized carbons (Fsp3) is 0.778. The van der Waals surface area contributed by atoms with Gasteiger partial charge in [0.2, 0.25) is 0 Å². The maximum atomic E-state index is 12.0. The smallest absolute Gasteiger partial charge is 0.410 e. The van der Waals surface area contributed by atoms with E-state index in [0.29, 0.717) is 12.5 Å². The second-order valence-corrected chi connectivity index (χ2v) is 7.78. The van der Waals surface area contributed by atoms with Gasteiger partial charge in [-0.1, -0.05) is 6.08 Å². The molecular weight excluding hydrogens is 294 g/mol. The van der Waals surface area contributed by atoms with Gasteiger partial charge in [-0.25, -0.2) is 9.59 Å². The average molecular weight is 323 g/mol. The first-order chi connectivity index (χ1) is 10.7. The van der Waals surface area contributed by atoms with Crippen molar-refractivity contribution in [3.8, 4) is 0 Å². The summed E-state index contributed by atoms with van der Waals surface area (Å²) in [5.41, 5.74) is -0.166. The number of nitrogens with zero attached hydrogens (tertiary/aromatic N) is 1. The van der Waals surface area contributed by atoms with Crippen molar-refractivity contribution in [3.05, 3.63) is 12.2 Å². The summed E-state index contributed by atoms with van der Waals surface area (Å²) in [7, 11) is 0. The van der Waals surface area contributed by atoms with Crippen LogP contribution in [0.15, 0.2) is 12.2 Å². The van der Waals surface area contributed by atoms with Crippen LogP contribution in [0.2, 0.25) is 0 Å². The number of amides is 1. The average Bonchev–Trinajstić information content (AvgIpc) is 2.41. The molecular formula is C18H29NO4. The van der Waals surface area contributed by atoms with Crippen molar-refractivity contribution in [2.45, 2.75) is 59.0 Å². The van der Waals surface area contributed by atoms with Crippen LogP contribution in [0.3, 0.4) is 0 Å².